The summed E-state index contributed by atoms with van der Waals surface area (Å²) in [4.78, 5) is 30.3. The molecule has 0 aromatic heterocycles. The second kappa shape index (κ2) is 14.1. The first kappa shape index (κ1) is 30.7. The number of nitrogens with zero attached hydrogens (tertiary/aromatic N) is 2. The molecule has 3 aromatic rings. The summed E-state index contributed by atoms with van der Waals surface area (Å²) < 4.78 is 16.9. The van der Waals surface area contributed by atoms with Gasteiger partial charge in [0.1, 0.15) is 23.4 Å². The number of methoxy groups -OCH3 is 2. The molecule has 0 radical (unpaired) electrons. The van der Waals surface area contributed by atoms with Crippen LogP contribution in [-0.4, -0.2) is 80.0 Å². The SMILES string of the molecule is COc1ccc(CN(C)C[C@H]2Oc3ccc(NC(=O)Nc4ccc(OC)cc4)cc3C(=O)N([C@@H](C)CO)C[C@@H]2C)cc1. The summed E-state index contributed by atoms with van der Waals surface area (Å²) in [5, 5.41) is 15.5. The quantitative estimate of drug-likeness (QED) is 0.321. The number of hydrogen-bond acceptors (Lipinski definition) is 7. The molecule has 1 heterocycles. The van der Waals surface area contributed by atoms with Gasteiger partial charge >= 0.3 is 6.03 Å². The maximum absolute atomic E-state index is 13.7. The van der Waals surface area contributed by atoms with Crippen LogP contribution in [0, 0.1) is 5.92 Å². The molecule has 0 saturated heterocycles. The lowest BCUT2D eigenvalue weighted by Gasteiger charge is -2.38. The number of amides is 3. The molecular formula is C32H40N4O6. The van der Waals surface area contributed by atoms with E-state index in [2.05, 4.69) is 22.5 Å². The van der Waals surface area contributed by atoms with E-state index in [4.69, 9.17) is 14.2 Å². The van der Waals surface area contributed by atoms with Gasteiger partial charge in [-0.2, -0.15) is 0 Å². The molecule has 0 unspecified atom stereocenters. The molecule has 0 saturated carbocycles. The van der Waals surface area contributed by atoms with E-state index in [0.717, 1.165) is 11.3 Å². The van der Waals surface area contributed by atoms with Crippen molar-refractivity contribution in [2.24, 2.45) is 5.92 Å². The fraction of sp³-hybridized carbons (Fsp3) is 0.375. The Bertz CT molecular complexity index is 1350. The minimum absolute atomic E-state index is 0.0116. The van der Waals surface area contributed by atoms with E-state index in [1.165, 1.54) is 0 Å². The maximum atomic E-state index is 13.7. The number of anilines is 2. The molecule has 10 nitrogen and oxygen atoms in total. The van der Waals surface area contributed by atoms with Crippen molar-refractivity contribution < 1.29 is 28.9 Å². The molecule has 42 heavy (non-hydrogen) atoms. The predicted molar refractivity (Wildman–Crippen MR) is 163 cm³/mol. The van der Waals surface area contributed by atoms with Crippen LogP contribution in [0.3, 0.4) is 0 Å². The van der Waals surface area contributed by atoms with E-state index in [-0.39, 0.29) is 24.5 Å². The third-order valence-corrected chi connectivity index (χ3v) is 7.37. The van der Waals surface area contributed by atoms with Gasteiger partial charge in [-0.1, -0.05) is 19.1 Å². The van der Waals surface area contributed by atoms with Crippen molar-refractivity contribution in [3.05, 3.63) is 77.9 Å². The van der Waals surface area contributed by atoms with Crippen LogP contribution in [0.25, 0.3) is 0 Å². The number of urea groups is 1. The fourth-order valence-electron chi connectivity index (χ4n) is 4.90. The molecule has 3 aromatic carbocycles. The summed E-state index contributed by atoms with van der Waals surface area (Å²) in [5.41, 5.74) is 2.51. The number of carbonyl (C=O) groups excluding carboxylic acids is 2. The molecule has 224 valence electrons. The van der Waals surface area contributed by atoms with Gasteiger partial charge in [0.25, 0.3) is 5.91 Å². The molecule has 3 atom stereocenters. The van der Waals surface area contributed by atoms with Crippen molar-refractivity contribution in [3.63, 3.8) is 0 Å². The Morgan fingerprint density at radius 1 is 1.02 bits per heavy atom. The van der Waals surface area contributed by atoms with Crippen LogP contribution in [-0.2, 0) is 6.54 Å². The average molecular weight is 577 g/mol. The van der Waals surface area contributed by atoms with Crippen LogP contribution in [0.5, 0.6) is 17.2 Å². The van der Waals surface area contributed by atoms with Crippen LogP contribution in [0.1, 0.15) is 29.8 Å². The van der Waals surface area contributed by atoms with Crippen molar-refractivity contribution in [2.45, 2.75) is 32.5 Å². The number of aliphatic hydroxyl groups is 1. The highest BCUT2D eigenvalue weighted by atomic mass is 16.5. The number of hydrogen-bond donors (Lipinski definition) is 3. The predicted octanol–water partition coefficient (Wildman–Crippen LogP) is 4.70. The smallest absolute Gasteiger partial charge is 0.323 e. The number of nitrogens with one attached hydrogen (secondary N) is 2. The topological polar surface area (TPSA) is 113 Å². The van der Waals surface area contributed by atoms with Crippen LogP contribution in [0.15, 0.2) is 66.7 Å². The summed E-state index contributed by atoms with van der Waals surface area (Å²) in [7, 11) is 5.26. The van der Waals surface area contributed by atoms with Crippen molar-refractivity contribution in [1.29, 1.82) is 0 Å². The molecule has 3 N–H and O–H groups in total. The largest absolute Gasteiger partial charge is 0.497 e. The Kier molecular flexibility index (Phi) is 10.3. The molecule has 0 bridgehead atoms. The summed E-state index contributed by atoms with van der Waals surface area (Å²) in [6.45, 7) is 5.45. The summed E-state index contributed by atoms with van der Waals surface area (Å²) in [5.74, 6) is 1.66. The molecule has 0 spiro atoms. The lowest BCUT2D eigenvalue weighted by atomic mass is 9.99. The maximum Gasteiger partial charge on any atom is 0.323 e. The number of aliphatic hydroxyl groups excluding tert-OH is 1. The van der Waals surface area contributed by atoms with Crippen molar-refractivity contribution >= 4 is 23.3 Å². The van der Waals surface area contributed by atoms with E-state index in [1.54, 1.807) is 61.6 Å². The number of likely N-dealkylation sites (N-methyl/N-ethyl adjacent to an activating group) is 1. The van der Waals surface area contributed by atoms with Gasteiger partial charge in [0.15, 0.2) is 0 Å². The molecule has 1 aliphatic heterocycles. The molecule has 4 rings (SSSR count). The second-order valence-electron chi connectivity index (χ2n) is 10.7. The van der Waals surface area contributed by atoms with Crippen molar-refractivity contribution in [1.82, 2.24) is 9.80 Å². The van der Waals surface area contributed by atoms with E-state index in [0.29, 0.717) is 48.1 Å². The Morgan fingerprint density at radius 3 is 2.24 bits per heavy atom. The molecule has 0 aliphatic carbocycles. The molecule has 3 amide bonds. The van der Waals surface area contributed by atoms with Crippen LogP contribution in [0.4, 0.5) is 16.2 Å². The normalized spacial score (nSPS) is 17.4. The van der Waals surface area contributed by atoms with Crippen LogP contribution in [0.2, 0.25) is 0 Å². The van der Waals surface area contributed by atoms with Crippen LogP contribution < -0.4 is 24.8 Å². The van der Waals surface area contributed by atoms with Gasteiger partial charge in [-0.15, -0.1) is 0 Å². The molecule has 10 heteroatoms. The number of ether oxygens (including phenoxy) is 3. The molecule has 0 fully saturated rings. The van der Waals surface area contributed by atoms with Gasteiger partial charge in [-0.25, -0.2) is 4.79 Å². The Hall–Kier alpha value is -4.28. The third kappa shape index (κ3) is 7.71. The van der Waals surface area contributed by atoms with Gasteiger partial charge in [-0.3, -0.25) is 9.69 Å². The zero-order chi connectivity index (χ0) is 30.2. The molecular weight excluding hydrogens is 536 g/mol. The highest BCUT2D eigenvalue weighted by Gasteiger charge is 2.33. The van der Waals surface area contributed by atoms with Gasteiger partial charge < -0.3 is 34.9 Å². The summed E-state index contributed by atoms with van der Waals surface area (Å²) >= 11 is 0. The van der Waals surface area contributed by atoms with Gasteiger partial charge in [0.05, 0.1) is 32.4 Å². The number of rotatable bonds is 10. The first-order valence-corrected chi connectivity index (χ1v) is 14.0. The minimum atomic E-state index is -0.452. The van der Waals surface area contributed by atoms with E-state index < -0.39 is 12.1 Å². The van der Waals surface area contributed by atoms with Gasteiger partial charge in [0, 0.05) is 36.9 Å². The first-order valence-electron chi connectivity index (χ1n) is 14.0. The van der Waals surface area contributed by atoms with E-state index >= 15 is 0 Å². The lowest BCUT2D eigenvalue weighted by molar-refractivity contribution is 0.0341. The first-order chi connectivity index (χ1) is 20.2. The van der Waals surface area contributed by atoms with E-state index in [9.17, 15) is 14.7 Å². The van der Waals surface area contributed by atoms with Gasteiger partial charge in [0.2, 0.25) is 0 Å². The second-order valence-corrected chi connectivity index (χ2v) is 10.7. The monoisotopic (exact) mass is 576 g/mol. The van der Waals surface area contributed by atoms with Gasteiger partial charge in [-0.05, 0) is 74.1 Å². The zero-order valence-corrected chi connectivity index (χ0v) is 24.8. The Balaban J connectivity index is 1.53. The van der Waals surface area contributed by atoms with Crippen molar-refractivity contribution in [2.75, 3.05) is 51.6 Å². The third-order valence-electron chi connectivity index (χ3n) is 7.37. The summed E-state index contributed by atoms with van der Waals surface area (Å²) in [6, 6.07) is 19.1. The minimum Gasteiger partial charge on any atom is -0.497 e. The highest BCUT2D eigenvalue weighted by molar-refractivity contribution is 6.02. The highest BCUT2D eigenvalue weighted by Crippen LogP contribution is 2.31. The lowest BCUT2D eigenvalue weighted by Crippen LogP contribution is -2.49. The average Bonchev–Trinajstić information content (AvgIpc) is 2.99. The number of carbonyl (C=O) groups is 2. The van der Waals surface area contributed by atoms with E-state index in [1.807, 2.05) is 38.2 Å². The van der Waals surface area contributed by atoms with Crippen molar-refractivity contribution in [3.8, 4) is 17.2 Å². The number of benzene rings is 3. The fourth-order valence-corrected chi connectivity index (χ4v) is 4.90. The molecule has 1 aliphatic rings. The van der Waals surface area contributed by atoms with Crippen LogP contribution >= 0.6 is 0 Å². The standard InChI is InChI=1S/C32H40N4O6/c1-21-17-36(22(2)20-37)31(38)28-16-25(34-32(39)33-24-8-13-27(41-5)14-9-24)10-15-29(28)42-30(21)19-35(3)18-23-6-11-26(40-4)12-7-23/h6-16,21-22,30,37H,17-20H2,1-5H3,(H2,33,34,39)/t21-,22-,30+/m0/s1. The Morgan fingerprint density at radius 2 is 1.62 bits per heavy atom. The number of fused-ring (bicyclic) bond motifs is 1. The Labute approximate surface area is 247 Å². The summed E-state index contributed by atoms with van der Waals surface area (Å²) in [6.07, 6.45) is -0.231. The zero-order valence-electron chi connectivity index (χ0n) is 24.8.